The zero-order valence-electron chi connectivity index (χ0n) is 11.4. The average Bonchev–Trinajstić information content (AvgIpc) is 2.47. The molecule has 2 rings (SSSR count). The van der Waals surface area contributed by atoms with E-state index in [-0.39, 0.29) is 5.78 Å². The molecule has 1 aromatic heterocycles. The fraction of sp³-hybridized carbons (Fsp3) is 0.188. The number of hydrogen-bond donors (Lipinski definition) is 0. The molecule has 2 aromatic rings. The highest BCUT2D eigenvalue weighted by Gasteiger charge is 2.08. The summed E-state index contributed by atoms with van der Waals surface area (Å²) in [5, 5.41) is 9.52. The van der Waals surface area contributed by atoms with Crippen LogP contribution < -0.4 is 0 Å². The van der Waals surface area contributed by atoms with Gasteiger partial charge in [0.15, 0.2) is 5.78 Å². The number of ketones is 1. The minimum absolute atomic E-state index is 0.0715. The second kappa shape index (κ2) is 6.36. The van der Waals surface area contributed by atoms with E-state index in [1.165, 1.54) is 17.3 Å². The Kier molecular flexibility index (Phi) is 4.54. The molecular formula is C16H14N2OS. The van der Waals surface area contributed by atoms with E-state index in [1.54, 1.807) is 18.3 Å². The van der Waals surface area contributed by atoms with Crippen molar-refractivity contribution in [3.05, 3.63) is 58.8 Å². The van der Waals surface area contributed by atoms with E-state index >= 15 is 0 Å². The number of benzene rings is 1. The van der Waals surface area contributed by atoms with Gasteiger partial charge in [0.1, 0.15) is 0 Å². The maximum atomic E-state index is 12.1. The third kappa shape index (κ3) is 3.46. The van der Waals surface area contributed by atoms with Gasteiger partial charge in [-0.25, -0.2) is 4.98 Å². The molecule has 4 heteroatoms. The number of Topliss-reactive ketones (excluding diaryl/α,β-unsaturated/α-hetero) is 1. The number of rotatable bonds is 4. The van der Waals surface area contributed by atoms with Crippen LogP contribution in [-0.2, 0) is 0 Å². The van der Waals surface area contributed by atoms with E-state index in [0.29, 0.717) is 16.3 Å². The molecule has 0 aliphatic carbocycles. The van der Waals surface area contributed by atoms with Crippen molar-refractivity contribution in [1.82, 2.24) is 4.98 Å². The number of carbonyl (C=O) groups excluding carboxylic acids is 1. The van der Waals surface area contributed by atoms with Crippen molar-refractivity contribution in [1.29, 1.82) is 5.26 Å². The number of pyridine rings is 1. The molecule has 0 saturated carbocycles. The number of thioether (sulfide) groups is 1. The minimum atomic E-state index is 0.0715. The van der Waals surface area contributed by atoms with Crippen molar-refractivity contribution in [2.75, 3.05) is 5.75 Å². The number of carbonyl (C=O) groups is 1. The molecule has 0 radical (unpaired) electrons. The highest BCUT2D eigenvalue weighted by Crippen LogP contribution is 2.18. The van der Waals surface area contributed by atoms with Crippen LogP contribution in [0.5, 0.6) is 0 Å². The van der Waals surface area contributed by atoms with E-state index < -0.39 is 0 Å². The Hall–Kier alpha value is -2.12. The van der Waals surface area contributed by atoms with Crippen molar-refractivity contribution in [2.45, 2.75) is 18.9 Å². The van der Waals surface area contributed by atoms with Crippen molar-refractivity contribution in [2.24, 2.45) is 0 Å². The first-order valence-electron chi connectivity index (χ1n) is 6.19. The highest BCUT2D eigenvalue weighted by molar-refractivity contribution is 7.99. The Morgan fingerprint density at radius 1 is 1.25 bits per heavy atom. The second-order valence-electron chi connectivity index (χ2n) is 4.51. The number of nitrogens with zero attached hydrogens (tertiary/aromatic N) is 2. The van der Waals surface area contributed by atoms with E-state index in [0.717, 1.165) is 11.1 Å². The number of aromatic nitrogens is 1. The lowest BCUT2D eigenvalue weighted by atomic mass is 10.0. The van der Waals surface area contributed by atoms with Crippen LogP contribution in [0.15, 0.2) is 41.6 Å². The van der Waals surface area contributed by atoms with Gasteiger partial charge in [0.25, 0.3) is 0 Å². The Balaban J connectivity index is 2.05. The van der Waals surface area contributed by atoms with E-state index in [2.05, 4.69) is 11.1 Å². The summed E-state index contributed by atoms with van der Waals surface area (Å²) in [5.74, 6) is 0.395. The minimum Gasteiger partial charge on any atom is -0.293 e. The van der Waals surface area contributed by atoms with Crippen LogP contribution in [0.4, 0.5) is 0 Å². The fourth-order valence-electron chi connectivity index (χ4n) is 1.70. The lowest BCUT2D eigenvalue weighted by molar-refractivity contribution is 0.102. The second-order valence-corrected chi connectivity index (χ2v) is 5.50. The van der Waals surface area contributed by atoms with Crippen LogP contribution in [0.2, 0.25) is 0 Å². The smallest absolute Gasteiger partial charge is 0.173 e. The van der Waals surface area contributed by atoms with Crippen LogP contribution in [0.1, 0.15) is 27.0 Å². The predicted octanol–water partition coefficient (Wildman–Crippen LogP) is 3.55. The van der Waals surface area contributed by atoms with Crippen LogP contribution in [0.25, 0.3) is 0 Å². The van der Waals surface area contributed by atoms with Crippen LogP contribution in [-0.4, -0.2) is 16.5 Å². The first-order chi connectivity index (χ1) is 9.60. The van der Waals surface area contributed by atoms with Crippen molar-refractivity contribution in [3.8, 4) is 6.07 Å². The van der Waals surface area contributed by atoms with Crippen molar-refractivity contribution >= 4 is 17.5 Å². The molecule has 0 amide bonds. The maximum Gasteiger partial charge on any atom is 0.173 e. The topological polar surface area (TPSA) is 53.8 Å². The standard InChI is InChI=1S/C16H14N2OS/c1-11-3-4-14(7-12(11)2)15(19)10-20-16-8-13(9-17)5-6-18-16/h3-8H,10H2,1-2H3. The molecule has 0 aliphatic rings. The summed E-state index contributed by atoms with van der Waals surface area (Å²) in [5.41, 5.74) is 3.57. The monoisotopic (exact) mass is 282 g/mol. The van der Waals surface area contributed by atoms with Gasteiger partial charge in [-0.15, -0.1) is 0 Å². The van der Waals surface area contributed by atoms with Gasteiger partial charge in [0, 0.05) is 11.8 Å². The molecule has 20 heavy (non-hydrogen) atoms. The summed E-state index contributed by atoms with van der Waals surface area (Å²) in [7, 11) is 0. The van der Waals surface area contributed by atoms with Crippen molar-refractivity contribution < 1.29 is 4.79 Å². The quantitative estimate of drug-likeness (QED) is 0.635. The molecular weight excluding hydrogens is 268 g/mol. The Labute approximate surface area is 122 Å². The fourth-order valence-corrected chi connectivity index (χ4v) is 2.49. The van der Waals surface area contributed by atoms with Gasteiger partial charge in [-0.05, 0) is 43.2 Å². The SMILES string of the molecule is Cc1ccc(C(=O)CSc2cc(C#N)ccn2)cc1C. The van der Waals surface area contributed by atoms with Crippen LogP contribution >= 0.6 is 11.8 Å². The zero-order valence-corrected chi connectivity index (χ0v) is 12.2. The van der Waals surface area contributed by atoms with Gasteiger partial charge in [-0.1, -0.05) is 23.9 Å². The van der Waals surface area contributed by atoms with E-state index in [9.17, 15) is 4.79 Å². The van der Waals surface area contributed by atoms with E-state index in [4.69, 9.17) is 5.26 Å². The summed E-state index contributed by atoms with van der Waals surface area (Å²) in [6.45, 7) is 4.02. The van der Waals surface area contributed by atoms with Gasteiger partial charge in [0.05, 0.1) is 22.4 Å². The summed E-state index contributed by atoms with van der Waals surface area (Å²) in [6, 6.07) is 11.1. The Morgan fingerprint density at radius 2 is 2.05 bits per heavy atom. The molecule has 0 fully saturated rings. The lowest BCUT2D eigenvalue weighted by Gasteiger charge is -2.04. The average molecular weight is 282 g/mol. The van der Waals surface area contributed by atoms with Gasteiger partial charge in [-0.3, -0.25) is 4.79 Å². The van der Waals surface area contributed by atoms with Crippen LogP contribution in [0.3, 0.4) is 0 Å². The van der Waals surface area contributed by atoms with Gasteiger partial charge in [0.2, 0.25) is 0 Å². The molecule has 0 aliphatic heterocycles. The summed E-state index contributed by atoms with van der Waals surface area (Å²) in [6.07, 6.45) is 1.58. The number of hydrogen-bond acceptors (Lipinski definition) is 4. The van der Waals surface area contributed by atoms with Gasteiger partial charge < -0.3 is 0 Å². The van der Waals surface area contributed by atoms with E-state index in [1.807, 2.05) is 32.0 Å². The number of nitriles is 1. The van der Waals surface area contributed by atoms with Crippen molar-refractivity contribution in [3.63, 3.8) is 0 Å². The third-order valence-corrected chi connectivity index (χ3v) is 3.97. The lowest BCUT2D eigenvalue weighted by Crippen LogP contribution is -2.03. The largest absolute Gasteiger partial charge is 0.293 e. The number of aryl methyl sites for hydroxylation is 2. The molecule has 0 N–H and O–H groups in total. The summed E-state index contributed by atoms with van der Waals surface area (Å²) >= 11 is 1.35. The first kappa shape index (κ1) is 14.3. The van der Waals surface area contributed by atoms with Gasteiger partial charge >= 0.3 is 0 Å². The third-order valence-electron chi connectivity index (χ3n) is 3.04. The molecule has 0 unspecified atom stereocenters. The Bertz CT molecular complexity index is 689. The molecule has 100 valence electrons. The predicted molar refractivity (Wildman–Crippen MR) is 79.9 cm³/mol. The molecule has 0 bridgehead atoms. The molecule has 3 nitrogen and oxygen atoms in total. The summed E-state index contributed by atoms with van der Waals surface area (Å²) in [4.78, 5) is 16.3. The normalized spacial score (nSPS) is 10.1. The molecule has 1 aromatic carbocycles. The molecule has 0 spiro atoms. The maximum absolute atomic E-state index is 12.1. The molecule has 0 saturated heterocycles. The summed E-state index contributed by atoms with van der Waals surface area (Å²) < 4.78 is 0. The molecule has 1 heterocycles. The Morgan fingerprint density at radius 3 is 2.75 bits per heavy atom. The molecule has 0 atom stereocenters. The highest BCUT2D eigenvalue weighted by atomic mass is 32.2. The van der Waals surface area contributed by atoms with Gasteiger partial charge in [-0.2, -0.15) is 5.26 Å². The van der Waals surface area contributed by atoms with Crippen LogP contribution in [0, 0.1) is 25.2 Å². The first-order valence-corrected chi connectivity index (χ1v) is 7.18. The zero-order chi connectivity index (χ0) is 14.5.